The molecule has 0 spiro atoms. The van der Waals surface area contributed by atoms with Gasteiger partial charge in [0.2, 0.25) is 0 Å². The molecule has 2 nitrogen and oxygen atoms in total. The van der Waals surface area contributed by atoms with Gasteiger partial charge in [-0.15, -0.1) is 0 Å². The highest BCUT2D eigenvalue weighted by atomic mass is 35.5. The summed E-state index contributed by atoms with van der Waals surface area (Å²) in [6, 6.07) is 17.6. The highest BCUT2D eigenvalue weighted by Gasteiger charge is 1.99. The molecule has 2 aromatic carbocycles. The topological polar surface area (TPSA) is 33.1 Å². The van der Waals surface area contributed by atoms with Gasteiger partial charge in [-0.2, -0.15) is 0 Å². The van der Waals surface area contributed by atoms with Crippen molar-refractivity contribution in [2.45, 2.75) is 0 Å². The number of aliphatic hydroxyl groups is 1. The van der Waals surface area contributed by atoms with E-state index in [9.17, 15) is 5.11 Å². The Kier molecular flexibility index (Phi) is 4.56. The lowest BCUT2D eigenvalue weighted by molar-refractivity contribution is 0.350. The first-order valence-electron chi connectivity index (χ1n) is 7.29. The van der Waals surface area contributed by atoms with E-state index in [-0.39, 0.29) is 6.61 Å². The Bertz CT molecular complexity index is 899. The van der Waals surface area contributed by atoms with Crippen LogP contribution in [0.15, 0.2) is 61.2 Å². The molecule has 0 amide bonds. The van der Waals surface area contributed by atoms with Crippen molar-refractivity contribution in [2.24, 2.45) is 0 Å². The van der Waals surface area contributed by atoms with Crippen LogP contribution in [0.1, 0.15) is 16.8 Å². The molecule has 1 heterocycles. The third-order valence-electron chi connectivity index (χ3n) is 3.61. The van der Waals surface area contributed by atoms with Gasteiger partial charge < -0.3 is 5.11 Å². The quantitative estimate of drug-likeness (QED) is 0.728. The Morgan fingerprint density at radius 1 is 1.09 bits per heavy atom. The summed E-state index contributed by atoms with van der Waals surface area (Å²) in [4.78, 5) is 4.60. The maximum absolute atomic E-state index is 9.17. The maximum atomic E-state index is 9.17. The lowest BCUT2D eigenvalue weighted by atomic mass is 10.0. The molecule has 0 fully saturated rings. The predicted octanol–water partition coefficient (Wildman–Crippen LogP) is 5.06. The average Bonchev–Trinajstić information content (AvgIpc) is 2.59. The van der Waals surface area contributed by atoms with Crippen molar-refractivity contribution in [3.05, 3.63) is 83.0 Å². The van der Waals surface area contributed by atoms with Gasteiger partial charge in [-0.25, -0.2) is 4.98 Å². The van der Waals surface area contributed by atoms with E-state index in [1.54, 1.807) is 0 Å². The first-order chi connectivity index (χ1) is 11.2. The van der Waals surface area contributed by atoms with Gasteiger partial charge in [0.1, 0.15) is 0 Å². The molecular formula is C20H16ClNO. The van der Waals surface area contributed by atoms with Crippen molar-refractivity contribution in [3.63, 3.8) is 0 Å². The smallest absolute Gasteiger partial charge is 0.0724 e. The molecule has 1 aromatic heterocycles. The van der Waals surface area contributed by atoms with E-state index in [2.05, 4.69) is 11.6 Å². The molecule has 0 aliphatic heterocycles. The second-order valence-electron chi connectivity index (χ2n) is 5.29. The SMILES string of the molecule is C=C(CO)c1cccc(C=Cc2ccc3ccc(Cl)cc3n2)c1. The molecule has 1 N–H and O–H groups in total. The molecule has 3 rings (SSSR count). The lowest BCUT2D eigenvalue weighted by Crippen LogP contribution is -1.88. The minimum absolute atomic E-state index is 0.0415. The molecule has 0 unspecified atom stereocenters. The van der Waals surface area contributed by atoms with Gasteiger partial charge in [0.05, 0.1) is 17.8 Å². The van der Waals surface area contributed by atoms with Crippen molar-refractivity contribution < 1.29 is 5.11 Å². The van der Waals surface area contributed by atoms with Gasteiger partial charge >= 0.3 is 0 Å². The largest absolute Gasteiger partial charge is 0.392 e. The summed E-state index contributed by atoms with van der Waals surface area (Å²) in [6.45, 7) is 3.80. The molecular weight excluding hydrogens is 306 g/mol. The summed E-state index contributed by atoms with van der Waals surface area (Å²) in [7, 11) is 0. The van der Waals surface area contributed by atoms with Gasteiger partial charge in [0, 0.05) is 10.4 Å². The second-order valence-corrected chi connectivity index (χ2v) is 5.73. The second kappa shape index (κ2) is 6.78. The zero-order valence-electron chi connectivity index (χ0n) is 12.5. The van der Waals surface area contributed by atoms with E-state index in [0.717, 1.165) is 27.7 Å². The van der Waals surface area contributed by atoms with E-state index in [0.29, 0.717) is 10.6 Å². The first-order valence-corrected chi connectivity index (χ1v) is 7.67. The zero-order chi connectivity index (χ0) is 16.2. The Morgan fingerprint density at radius 2 is 1.91 bits per heavy atom. The van der Waals surface area contributed by atoms with Crippen molar-refractivity contribution in [1.29, 1.82) is 0 Å². The molecule has 114 valence electrons. The first kappa shape index (κ1) is 15.5. The van der Waals surface area contributed by atoms with Crippen LogP contribution < -0.4 is 0 Å². The molecule has 0 aliphatic rings. The van der Waals surface area contributed by atoms with E-state index in [4.69, 9.17) is 11.6 Å². The summed E-state index contributed by atoms with van der Waals surface area (Å²) < 4.78 is 0. The number of nitrogens with zero attached hydrogens (tertiary/aromatic N) is 1. The molecule has 3 aromatic rings. The number of halogens is 1. The highest BCUT2D eigenvalue weighted by Crippen LogP contribution is 2.19. The van der Waals surface area contributed by atoms with Crippen molar-refractivity contribution in [1.82, 2.24) is 4.98 Å². The maximum Gasteiger partial charge on any atom is 0.0724 e. The van der Waals surface area contributed by atoms with Gasteiger partial charge in [-0.1, -0.05) is 54.6 Å². The van der Waals surface area contributed by atoms with Crippen LogP contribution in [0.5, 0.6) is 0 Å². The number of fused-ring (bicyclic) bond motifs is 1. The Hall–Kier alpha value is -2.42. The standard InChI is InChI=1S/C20H16ClNO/c1-14(13-23)17-4-2-3-15(11-17)5-9-19-10-7-16-6-8-18(21)12-20(16)22-19/h2-12,23H,1,13H2. The van der Waals surface area contributed by atoms with Crippen LogP contribution in [-0.2, 0) is 0 Å². The molecule has 0 atom stereocenters. The number of hydrogen-bond acceptors (Lipinski definition) is 2. The minimum atomic E-state index is -0.0415. The minimum Gasteiger partial charge on any atom is -0.392 e. The van der Waals surface area contributed by atoms with E-state index >= 15 is 0 Å². The monoisotopic (exact) mass is 321 g/mol. The van der Waals surface area contributed by atoms with Crippen molar-refractivity contribution in [3.8, 4) is 0 Å². The van der Waals surface area contributed by atoms with Crippen LogP contribution >= 0.6 is 11.6 Å². The van der Waals surface area contributed by atoms with E-state index < -0.39 is 0 Å². The highest BCUT2D eigenvalue weighted by molar-refractivity contribution is 6.31. The third-order valence-corrected chi connectivity index (χ3v) is 3.84. The van der Waals surface area contributed by atoms with E-state index in [1.807, 2.05) is 66.7 Å². The summed E-state index contributed by atoms with van der Waals surface area (Å²) in [5, 5.41) is 10.9. The fourth-order valence-electron chi connectivity index (χ4n) is 2.33. The fourth-order valence-corrected chi connectivity index (χ4v) is 2.50. The number of benzene rings is 2. The summed E-state index contributed by atoms with van der Waals surface area (Å²) in [5.74, 6) is 0. The Labute approximate surface area is 140 Å². The van der Waals surface area contributed by atoms with Crippen molar-refractivity contribution in [2.75, 3.05) is 6.61 Å². The summed E-state index contributed by atoms with van der Waals surface area (Å²) in [6.07, 6.45) is 3.95. The predicted molar refractivity (Wildman–Crippen MR) is 98.2 cm³/mol. The van der Waals surface area contributed by atoms with Crippen LogP contribution in [0.3, 0.4) is 0 Å². The number of rotatable bonds is 4. The summed E-state index contributed by atoms with van der Waals surface area (Å²) >= 11 is 6.02. The van der Waals surface area contributed by atoms with Crippen molar-refractivity contribution >= 4 is 40.2 Å². The van der Waals surface area contributed by atoms with Gasteiger partial charge in [0.25, 0.3) is 0 Å². The molecule has 0 radical (unpaired) electrons. The third kappa shape index (κ3) is 3.67. The van der Waals surface area contributed by atoms with Crippen LogP contribution in [0.2, 0.25) is 5.02 Å². The number of hydrogen-bond donors (Lipinski definition) is 1. The van der Waals surface area contributed by atoms with Crippen LogP contribution in [-0.4, -0.2) is 16.7 Å². The van der Waals surface area contributed by atoms with Gasteiger partial charge in [-0.3, -0.25) is 0 Å². The number of aromatic nitrogens is 1. The Balaban J connectivity index is 1.89. The molecule has 0 saturated carbocycles. The molecule has 0 bridgehead atoms. The normalized spacial score (nSPS) is 11.2. The summed E-state index contributed by atoms with van der Waals surface area (Å²) in [5.41, 5.74) is 4.42. The van der Waals surface area contributed by atoms with Gasteiger partial charge in [-0.05, 0) is 47.0 Å². The van der Waals surface area contributed by atoms with Crippen LogP contribution in [0, 0.1) is 0 Å². The van der Waals surface area contributed by atoms with Gasteiger partial charge in [0.15, 0.2) is 0 Å². The average molecular weight is 322 g/mol. The number of pyridine rings is 1. The molecule has 0 aliphatic carbocycles. The van der Waals surface area contributed by atoms with Crippen LogP contribution in [0.25, 0.3) is 28.6 Å². The fraction of sp³-hybridized carbons (Fsp3) is 0.0500. The molecule has 3 heteroatoms. The van der Waals surface area contributed by atoms with Crippen LogP contribution in [0.4, 0.5) is 0 Å². The Morgan fingerprint density at radius 3 is 2.74 bits per heavy atom. The molecule has 23 heavy (non-hydrogen) atoms. The lowest BCUT2D eigenvalue weighted by Gasteiger charge is -2.03. The number of aliphatic hydroxyl groups excluding tert-OH is 1. The molecule has 0 saturated heterocycles. The van der Waals surface area contributed by atoms with E-state index in [1.165, 1.54) is 0 Å². The zero-order valence-corrected chi connectivity index (χ0v) is 13.3.